The summed E-state index contributed by atoms with van der Waals surface area (Å²) in [6.07, 6.45) is 3.74. The third-order valence-electron chi connectivity index (χ3n) is 3.97. The number of aromatic nitrogens is 1. The van der Waals surface area contributed by atoms with E-state index in [0.717, 1.165) is 39.4 Å². The van der Waals surface area contributed by atoms with E-state index in [-0.39, 0.29) is 0 Å². The molecule has 0 amide bonds. The van der Waals surface area contributed by atoms with Crippen LogP contribution in [0.1, 0.15) is 21.4 Å². The van der Waals surface area contributed by atoms with Gasteiger partial charge < -0.3 is 10.1 Å². The Morgan fingerprint density at radius 2 is 2.18 bits per heavy atom. The molecule has 0 radical (unpaired) electrons. The van der Waals surface area contributed by atoms with E-state index in [1.165, 1.54) is 15.3 Å². The van der Waals surface area contributed by atoms with Crippen LogP contribution in [0.3, 0.4) is 0 Å². The van der Waals surface area contributed by atoms with Crippen LogP contribution in [0.25, 0.3) is 0 Å². The standard InChI is InChI=1S/C17H23N3OS/c1-14-4-5-17(22-14)16(20-7-9-21-10-8-20)13-19-12-15-3-2-6-18-11-15/h2-6,11,16,19H,7-10,12-13H2,1H3/t16-/m0/s1. The topological polar surface area (TPSA) is 37.4 Å². The first-order chi connectivity index (χ1) is 10.8. The van der Waals surface area contributed by atoms with Crippen molar-refractivity contribution in [3.8, 4) is 0 Å². The van der Waals surface area contributed by atoms with Gasteiger partial charge in [-0.2, -0.15) is 0 Å². The normalized spacial score (nSPS) is 17.5. The maximum atomic E-state index is 5.50. The van der Waals surface area contributed by atoms with Crippen molar-refractivity contribution in [3.63, 3.8) is 0 Å². The molecule has 1 fully saturated rings. The fourth-order valence-electron chi connectivity index (χ4n) is 2.79. The zero-order valence-electron chi connectivity index (χ0n) is 13.0. The Morgan fingerprint density at radius 1 is 1.32 bits per heavy atom. The number of aryl methyl sites for hydroxylation is 1. The Labute approximate surface area is 136 Å². The number of nitrogens with zero attached hydrogens (tertiary/aromatic N) is 2. The molecule has 2 aromatic heterocycles. The average Bonchev–Trinajstić information content (AvgIpc) is 2.99. The van der Waals surface area contributed by atoms with E-state index in [1.54, 1.807) is 0 Å². The summed E-state index contributed by atoms with van der Waals surface area (Å²) < 4.78 is 5.50. The molecule has 0 saturated carbocycles. The van der Waals surface area contributed by atoms with Crippen LogP contribution < -0.4 is 5.32 Å². The van der Waals surface area contributed by atoms with Gasteiger partial charge in [-0.15, -0.1) is 11.3 Å². The molecule has 118 valence electrons. The van der Waals surface area contributed by atoms with E-state index in [2.05, 4.69) is 40.3 Å². The molecule has 22 heavy (non-hydrogen) atoms. The lowest BCUT2D eigenvalue weighted by atomic mass is 10.1. The number of pyridine rings is 1. The Hall–Kier alpha value is -1.27. The van der Waals surface area contributed by atoms with Gasteiger partial charge in [0.05, 0.1) is 19.3 Å². The van der Waals surface area contributed by atoms with Crippen LogP contribution in [0.4, 0.5) is 0 Å². The summed E-state index contributed by atoms with van der Waals surface area (Å²) in [6, 6.07) is 9.01. The molecular formula is C17H23N3OS. The van der Waals surface area contributed by atoms with E-state index in [0.29, 0.717) is 6.04 Å². The summed E-state index contributed by atoms with van der Waals surface area (Å²) in [5, 5.41) is 3.59. The lowest BCUT2D eigenvalue weighted by Gasteiger charge is -2.34. The highest BCUT2D eigenvalue weighted by molar-refractivity contribution is 7.12. The lowest BCUT2D eigenvalue weighted by Crippen LogP contribution is -2.42. The van der Waals surface area contributed by atoms with Crippen molar-refractivity contribution >= 4 is 11.3 Å². The number of ether oxygens (including phenoxy) is 1. The highest BCUT2D eigenvalue weighted by Crippen LogP contribution is 2.27. The quantitative estimate of drug-likeness (QED) is 0.889. The molecule has 0 spiro atoms. The van der Waals surface area contributed by atoms with Crippen molar-refractivity contribution in [1.82, 2.24) is 15.2 Å². The molecule has 2 aromatic rings. The van der Waals surface area contributed by atoms with Crippen LogP contribution in [0.15, 0.2) is 36.7 Å². The van der Waals surface area contributed by atoms with Crippen LogP contribution in [-0.4, -0.2) is 42.7 Å². The average molecular weight is 317 g/mol. The molecule has 1 aliphatic rings. The zero-order valence-corrected chi connectivity index (χ0v) is 13.8. The molecule has 4 nitrogen and oxygen atoms in total. The van der Waals surface area contributed by atoms with Gasteiger partial charge in [0.15, 0.2) is 0 Å². The van der Waals surface area contributed by atoms with E-state index >= 15 is 0 Å². The zero-order chi connectivity index (χ0) is 15.2. The number of hydrogen-bond acceptors (Lipinski definition) is 5. The molecule has 0 aliphatic carbocycles. The minimum absolute atomic E-state index is 0.430. The Kier molecular flexibility index (Phi) is 5.56. The predicted molar refractivity (Wildman–Crippen MR) is 90.1 cm³/mol. The minimum atomic E-state index is 0.430. The second-order valence-corrected chi connectivity index (χ2v) is 6.92. The number of hydrogen-bond donors (Lipinski definition) is 1. The first-order valence-electron chi connectivity index (χ1n) is 7.80. The summed E-state index contributed by atoms with van der Waals surface area (Å²) in [4.78, 5) is 9.52. The van der Waals surface area contributed by atoms with Crippen molar-refractivity contribution < 1.29 is 4.74 Å². The van der Waals surface area contributed by atoms with Gasteiger partial charge in [-0.25, -0.2) is 0 Å². The minimum Gasteiger partial charge on any atom is -0.379 e. The molecule has 5 heteroatoms. The predicted octanol–water partition coefficient (Wildman–Crippen LogP) is 2.61. The van der Waals surface area contributed by atoms with Gasteiger partial charge in [-0.3, -0.25) is 9.88 Å². The lowest BCUT2D eigenvalue weighted by molar-refractivity contribution is 0.0168. The first kappa shape index (κ1) is 15.6. The Bertz CT molecular complexity index is 566. The monoisotopic (exact) mass is 317 g/mol. The summed E-state index contributed by atoms with van der Waals surface area (Å²) in [6.45, 7) is 7.68. The molecule has 1 aliphatic heterocycles. The van der Waals surface area contributed by atoms with Gasteiger partial charge in [0, 0.05) is 48.3 Å². The molecule has 1 atom stereocenters. The highest BCUT2D eigenvalue weighted by atomic mass is 32.1. The van der Waals surface area contributed by atoms with E-state index < -0.39 is 0 Å². The number of nitrogens with one attached hydrogen (secondary N) is 1. The van der Waals surface area contributed by atoms with Crippen molar-refractivity contribution in [2.75, 3.05) is 32.8 Å². The number of rotatable bonds is 6. The van der Waals surface area contributed by atoms with Crippen LogP contribution in [0.5, 0.6) is 0 Å². The third kappa shape index (κ3) is 4.14. The van der Waals surface area contributed by atoms with Gasteiger partial charge in [-0.1, -0.05) is 6.07 Å². The molecule has 3 heterocycles. The molecule has 0 unspecified atom stereocenters. The largest absolute Gasteiger partial charge is 0.379 e. The smallest absolute Gasteiger partial charge is 0.0594 e. The number of thiophene rings is 1. The van der Waals surface area contributed by atoms with Crippen molar-refractivity contribution in [1.29, 1.82) is 0 Å². The summed E-state index contributed by atoms with van der Waals surface area (Å²) >= 11 is 1.90. The summed E-state index contributed by atoms with van der Waals surface area (Å²) in [7, 11) is 0. The van der Waals surface area contributed by atoms with E-state index in [1.807, 2.05) is 29.8 Å². The fraction of sp³-hybridized carbons (Fsp3) is 0.471. The second kappa shape index (κ2) is 7.83. The number of morpholine rings is 1. The van der Waals surface area contributed by atoms with E-state index in [9.17, 15) is 0 Å². The van der Waals surface area contributed by atoms with Crippen LogP contribution in [-0.2, 0) is 11.3 Å². The Morgan fingerprint density at radius 3 is 2.86 bits per heavy atom. The summed E-state index contributed by atoms with van der Waals surface area (Å²) in [5.74, 6) is 0. The van der Waals surface area contributed by atoms with Crippen LogP contribution >= 0.6 is 11.3 Å². The molecule has 0 bridgehead atoms. The van der Waals surface area contributed by atoms with Crippen LogP contribution in [0, 0.1) is 6.92 Å². The second-order valence-electron chi connectivity index (χ2n) is 5.60. The van der Waals surface area contributed by atoms with Gasteiger partial charge in [0.25, 0.3) is 0 Å². The van der Waals surface area contributed by atoms with Crippen molar-refractivity contribution in [2.45, 2.75) is 19.5 Å². The van der Waals surface area contributed by atoms with Gasteiger partial charge in [0.2, 0.25) is 0 Å². The van der Waals surface area contributed by atoms with E-state index in [4.69, 9.17) is 4.74 Å². The SMILES string of the molecule is Cc1ccc([C@H](CNCc2cccnc2)N2CCOCC2)s1. The van der Waals surface area contributed by atoms with Gasteiger partial charge in [0.1, 0.15) is 0 Å². The van der Waals surface area contributed by atoms with Crippen molar-refractivity contribution in [2.24, 2.45) is 0 Å². The summed E-state index contributed by atoms with van der Waals surface area (Å²) in [5.41, 5.74) is 1.23. The maximum Gasteiger partial charge on any atom is 0.0594 e. The maximum absolute atomic E-state index is 5.50. The molecule has 1 N–H and O–H groups in total. The van der Waals surface area contributed by atoms with Gasteiger partial charge in [-0.05, 0) is 30.7 Å². The first-order valence-corrected chi connectivity index (χ1v) is 8.62. The third-order valence-corrected chi connectivity index (χ3v) is 5.07. The fourth-order valence-corrected chi connectivity index (χ4v) is 3.80. The highest BCUT2D eigenvalue weighted by Gasteiger charge is 2.23. The van der Waals surface area contributed by atoms with Crippen LogP contribution in [0.2, 0.25) is 0 Å². The van der Waals surface area contributed by atoms with Gasteiger partial charge >= 0.3 is 0 Å². The van der Waals surface area contributed by atoms with Crippen molar-refractivity contribution in [3.05, 3.63) is 52.0 Å². The Balaban J connectivity index is 1.63. The molecule has 1 saturated heterocycles. The molecule has 3 rings (SSSR count). The molecular weight excluding hydrogens is 294 g/mol. The molecule has 0 aromatic carbocycles.